The van der Waals surface area contributed by atoms with Crippen LogP contribution in [0.25, 0.3) is 0 Å². The highest BCUT2D eigenvalue weighted by molar-refractivity contribution is 5.86. The van der Waals surface area contributed by atoms with Gasteiger partial charge in [0, 0.05) is 13.8 Å². The number of allylic oxidation sites excluding steroid dienone is 1. The number of carbonyl (C=O) groups excluding carboxylic acids is 3. The maximum atomic E-state index is 12.1. The van der Waals surface area contributed by atoms with Gasteiger partial charge in [-0.15, -0.1) is 6.58 Å². The second-order valence-corrected chi connectivity index (χ2v) is 4.91. The average Bonchev–Trinajstić information content (AvgIpc) is 2.44. The van der Waals surface area contributed by atoms with E-state index in [4.69, 9.17) is 18.9 Å². The molecule has 1 aliphatic rings. The quantitative estimate of drug-likeness (QED) is 0.377. The first kappa shape index (κ1) is 18.3. The molecule has 1 saturated heterocycles. The Hall–Kier alpha value is -1.73. The lowest BCUT2D eigenvalue weighted by molar-refractivity contribution is -0.231. The fraction of sp³-hybridized carbons (Fsp3) is 0.667. The minimum atomic E-state index is -1.08. The van der Waals surface area contributed by atoms with Gasteiger partial charge in [0.05, 0.1) is 13.0 Å². The van der Waals surface area contributed by atoms with Crippen LogP contribution < -0.4 is 0 Å². The zero-order chi connectivity index (χ0) is 16.5. The SMILES string of the molecule is C=CCCCO[C@@H]1CC(=O)[C@H](OC(C)=O)[C@@H](COC(C)=O)O1. The number of Topliss-reactive ketones (excluding diaryl/α,β-unsaturated/α-hetero) is 1. The summed E-state index contributed by atoms with van der Waals surface area (Å²) in [6.07, 6.45) is 0.652. The number of esters is 2. The predicted octanol–water partition coefficient (Wildman–Crippen LogP) is 1.15. The Kier molecular flexibility index (Phi) is 7.76. The van der Waals surface area contributed by atoms with Gasteiger partial charge in [-0.25, -0.2) is 0 Å². The third-order valence-corrected chi connectivity index (χ3v) is 2.95. The second-order valence-electron chi connectivity index (χ2n) is 4.91. The molecule has 22 heavy (non-hydrogen) atoms. The monoisotopic (exact) mass is 314 g/mol. The number of rotatable bonds is 8. The first-order valence-electron chi connectivity index (χ1n) is 7.15. The van der Waals surface area contributed by atoms with Gasteiger partial charge in [-0.2, -0.15) is 0 Å². The van der Waals surface area contributed by atoms with E-state index in [0.717, 1.165) is 12.8 Å². The van der Waals surface area contributed by atoms with Crippen LogP contribution in [0, 0.1) is 0 Å². The lowest BCUT2D eigenvalue weighted by Gasteiger charge is -2.34. The minimum Gasteiger partial charge on any atom is -0.463 e. The molecule has 1 fully saturated rings. The molecular formula is C15H22O7. The summed E-state index contributed by atoms with van der Waals surface area (Å²) in [5, 5.41) is 0. The molecule has 124 valence electrons. The summed E-state index contributed by atoms with van der Waals surface area (Å²) in [7, 11) is 0. The van der Waals surface area contributed by atoms with Crippen LogP contribution in [-0.4, -0.2) is 49.4 Å². The largest absolute Gasteiger partial charge is 0.463 e. The van der Waals surface area contributed by atoms with Gasteiger partial charge in [0.1, 0.15) is 12.7 Å². The lowest BCUT2D eigenvalue weighted by Crippen LogP contribution is -2.50. The summed E-state index contributed by atoms with van der Waals surface area (Å²) in [5.41, 5.74) is 0. The molecule has 1 rings (SSSR count). The molecule has 0 radical (unpaired) electrons. The van der Waals surface area contributed by atoms with Crippen LogP contribution in [0.15, 0.2) is 12.7 Å². The number of carbonyl (C=O) groups is 3. The molecule has 0 aromatic rings. The zero-order valence-electron chi connectivity index (χ0n) is 12.9. The Morgan fingerprint density at radius 1 is 1.36 bits per heavy atom. The molecule has 0 saturated carbocycles. The Bertz CT molecular complexity index is 418. The van der Waals surface area contributed by atoms with E-state index in [0.29, 0.717) is 6.61 Å². The fourth-order valence-electron chi connectivity index (χ4n) is 1.99. The molecule has 0 aromatic heterocycles. The van der Waals surface area contributed by atoms with E-state index < -0.39 is 30.4 Å². The Morgan fingerprint density at radius 3 is 2.68 bits per heavy atom. The molecule has 0 aromatic carbocycles. The summed E-state index contributed by atoms with van der Waals surface area (Å²) in [5.74, 6) is -1.42. The molecule has 1 aliphatic heterocycles. The number of hydrogen-bond acceptors (Lipinski definition) is 7. The van der Waals surface area contributed by atoms with Gasteiger partial charge in [-0.3, -0.25) is 14.4 Å². The molecule has 0 amide bonds. The maximum absolute atomic E-state index is 12.1. The molecule has 0 bridgehead atoms. The summed E-state index contributed by atoms with van der Waals surface area (Å²) >= 11 is 0. The van der Waals surface area contributed by atoms with Crippen molar-refractivity contribution in [2.45, 2.75) is 51.6 Å². The first-order valence-corrected chi connectivity index (χ1v) is 7.15. The van der Waals surface area contributed by atoms with Gasteiger partial charge in [0.25, 0.3) is 0 Å². The molecular weight excluding hydrogens is 292 g/mol. The normalized spacial score (nSPS) is 24.6. The smallest absolute Gasteiger partial charge is 0.303 e. The number of ketones is 1. The van der Waals surface area contributed by atoms with Crippen molar-refractivity contribution in [1.82, 2.24) is 0 Å². The topological polar surface area (TPSA) is 88.1 Å². The highest BCUT2D eigenvalue weighted by atomic mass is 16.7. The minimum absolute atomic E-state index is 0.0113. The van der Waals surface area contributed by atoms with Crippen LogP contribution in [0.2, 0.25) is 0 Å². The van der Waals surface area contributed by atoms with Crippen molar-refractivity contribution in [3.05, 3.63) is 12.7 Å². The fourth-order valence-corrected chi connectivity index (χ4v) is 1.99. The van der Waals surface area contributed by atoms with E-state index in [2.05, 4.69) is 6.58 Å². The van der Waals surface area contributed by atoms with Crippen molar-refractivity contribution in [3.8, 4) is 0 Å². The van der Waals surface area contributed by atoms with Gasteiger partial charge < -0.3 is 18.9 Å². The van der Waals surface area contributed by atoms with Gasteiger partial charge in [-0.05, 0) is 12.8 Å². The van der Waals surface area contributed by atoms with Crippen LogP contribution >= 0.6 is 0 Å². The molecule has 1 heterocycles. The Balaban J connectivity index is 2.61. The van der Waals surface area contributed by atoms with E-state index in [-0.39, 0.29) is 18.8 Å². The van der Waals surface area contributed by atoms with Crippen LogP contribution in [0.3, 0.4) is 0 Å². The predicted molar refractivity (Wildman–Crippen MR) is 75.9 cm³/mol. The lowest BCUT2D eigenvalue weighted by atomic mass is 10.0. The summed E-state index contributed by atoms with van der Waals surface area (Å²) < 4.78 is 20.9. The molecule has 3 atom stereocenters. The van der Waals surface area contributed by atoms with Crippen LogP contribution in [-0.2, 0) is 33.3 Å². The average molecular weight is 314 g/mol. The van der Waals surface area contributed by atoms with Gasteiger partial charge in [0.15, 0.2) is 18.2 Å². The molecule has 7 heteroatoms. The molecule has 0 spiro atoms. The van der Waals surface area contributed by atoms with Crippen molar-refractivity contribution in [2.75, 3.05) is 13.2 Å². The zero-order valence-corrected chi connectivity index (χ0v) is 12.9. The van der Waals surface area contributed by atoms with Gasteiger partial charge >= 0.3 is 11.9 Å². The van der Waals surface area contributed by atoms with Crippen LogP contribution in [0.5, 0.6) is 0 Å². The number of ether oxygens (including phenoxy) is 4. The van der Waals surface area contributed by atoms with Crippen molar-refractivity contribution in [3.63, 3.8) is 0 Å². The van der Waals surface area contributed by atoms with Gasteiger partial charge in [0.2, 0.25) is 0 Å². The molecule has 7 nitrogen and oxygen atoms in total. The summed E-state index contributed by atoms with van der Waals surface area (Å²) in [4.78, 5) is 34.1. The molecule has 0 N–H and O–H groups in total. The Labute approximate surface area is 129 Å². The summed E-state index contributed by atoms with van der Waals surface area (Å²) in [6, 6.07) is 0. The van der Waals surface area contributed by atoms with E-state index in [1.54, 1.807) is 6.08 Å². The van der Waals surface area contributed by atoms with E-state index in [1.807, 2.05) is 0 Å². The highest BCUT2D eigenvalue weighted by Gasteiger charge is 2.41. The van der Waals surface area contributed by atoms with E-state index >= 15 is 0 Å². The van der Waals surface area contributed by atoms with Crippen molar-refractivity contribution in [2.24, 2.45) is 0 Å². The van der Waals surface area contributed by atoms with Crippen LogP contribution in [0.4, 0.5) is 0 Å². The van der Waals surface area contributed by atoms with E-state index in [1.165, 1.54) is 13.8 Å². The third-order valence-electron chi connectivity index (χ3n) is 2.95. The van der Waals surface area contributed by atoms with Crippen molar-refractivity contribution >= 4 is 17.7 Å². The number of hydrogen-bond donors (Lipinski definition) is 0. The van der Waals surface area contributed by atoms with Crippen molar-refractivity contribution in [1.29, 1.82) is 0 Å². The molecule has 0 aliphatic carbocycles. The standard InChI is InChI=1S/C15H22O7/c1-4-5-6-7-19-14-8-12(18)15(21-11(3)17)13(22-14)9-20-10(2)16/h4,13-15H,1,5-9H2,2-3H3/t13-,14+,15+/m1/s1. The third kappa shape index (κ3) is 6.36. The maximum Gasteiger partial charge on any atom is 0.303 e. The number of unbranched alkanes of at least 4 members (excludes halogenated alkanes) is 1. The summed E-state index contributed by atoms with van der Waals surface area (Å²) in [6.45, 7) is 6.30. The first-order chi connectivity index (χ1) is 10.4. The van der Waals surface area contributed by atoms with E-state index in [9.17, 15) is 14.4 Å². The molecule has 0 unspecified atom stereocenters. The highest BCUT2D eigenvalue weighted by Crippen LogP contribution is 2.21. The second kappa shape index (κ2) is 9.32. The Morgan fingerprint density at radius 2 is 2.09 bits per heavy atom. The van der Waals surface area contributed by atoms with Crippen molar-refractivity contribution < 1.29 is 33.3 Å². The van der Waals surface area contributed by atoms with Gasteiger partial charge in [-0.1, -0.05) is 6.08 Å². The van der Waals surface area contributed by atoms with Crippen LogP contribution in [0.1, 0.15) is 33.1 Å².